The number of benzene rings is 2. The summed E-state index contributed by atoms with van der Waals surface area (Å²) in [4.78, 5) is 24.5. The highest BCUT2D eigenvalue weighted by molar-refractivity contribution is 9.10. The summed E-state index contributed by atoms with van der Waals surface area (Å²) in [5, 5.41) is 3.06. The molecule has 0 saturated heterocycles. The van der Waals surface area contributed by atoms with Gasteiger partial charge in [-0.25, -0.2) is 0 Å². The van der Waals surface area contributed by atoms with Gasteiger partial charge in [0, 0.05) is 10.9 Å². The molecule has 1 atom stereocenters. The Balaban J connectivity index is 1.65. The lowest BCUT2D eigenvalue weighted by Gasteiger charge is -2.26. The van der Waals surface area contributed by atoms with Crippen molar-refractivity contribution in [3.8, 4) is 5.75 Å². The van der Waals surface area contributed by atoms with Gasteiger partial charge < -0.3 is 10.1 Å². The fourth-order valence-corrected chi connectivity index (χ4v) is 3.68. The molecule has 0 heterocycles. The van der Waals surface area contributed by atoms with E-state index < -0.39 is 0 Å². The van der Waals surface area contributed by atoms with Gasteiger partial charge in [0.2, 0.25) is 0 Å². The molecular weight excluding hydrogens is 394 g/mol. The Morgan fingerprint density at radius 2 is 2.04 bits per heavy atom. The molecule has 0 bridgehead atoms. The molecule has 136 valence electrons. The van der Waals surface area contributed by atoms with E-state index >= 15 is 0 Å². The maximum Gasteiger partial charge on any atom is 0.258 e. The predicted octanol–water partition coefficient (Wildman–Crippen LogP) is 4.61. The maximum atomic E-state index is 12.4. The summed E-state index contributed by atoms with van der Waals surface area (Å²) in [5.41, 5.74) is 2.99. The molecule has 0 unspecified atom stereocenters. The first-order chi connectivity index (χ1) is 12.6. The number of carbonyl (C=O) groups is 2. The van der Waals surface area contributed by atoms with Crippen molar-refractivity contribution in [2.24, 2.45) is 0 Å². The molecule has 0 aromatic heterocycles. The molecule has 1 N–H and O–H groups in total. The minimum atomic E-state index is -0.176. The van der Waals surface area contributed by atoms with Crippen LogP contribution < -0.4 is 10.1 Å². The lowest BCUT2D eigenvalue weighted by molar-refractivity contribution is -0.124. The third-order valence-electron chi connectivity index (χ3n) is 4.63. The second-order valence-corrected chi connectivity index (χ2v) is 7.33. The number of ether oxygens (including phenoxy) is 1. The van der Waals surface area contributed by atoms with Gasteiger partial charge in [0.25, 0.3) is 5.91 Å². The number of halogens is 1. The number of nitrogens with one attached hydrogen (secondary N) is 1. The third-order valence-corrected chi connectivity index (χ3v) is 5.12. The molecule has 3 rings (SSSR count). The van der Waals surface area contributed by atoms with Gasteiger partial charge in [-0.1, -0.05) is 47.1 Å². The molecule has 1 aliphatic rings. The van der Waals surface area contributed by atoms with Crippen LogP contribution in [0, 0.1) is 0 Å². The van der Waals surface area contributed by atoms with E-state index in [0.29, 0.717) is 17.7 Å². The van der Waals surface area contributed by atoms with Crippen LogP contribution in [-0.4, -0.2) is 18.3 Å². The Labute approximate surface area is 162 Å². The quantitative estimate of drug-likeness (QED) is 0.700. The molecule has 4 nitrogen and oxygen atoms in total. The molecule has 0 fully saturated rings. The second kappa shape index (κ2) is 8.49. The van der Waals surface area contributed by atoms with Crippen molar-refractivity contribution >= 4 is 27.6 Å². The SMILES string of the molecule is CCC(=O)c1cc(Br)ccc1OCC(=O)N[C@@H]1CCCc2ccccc21. The summed E-state index contributed by atoms with van der Waals surface area (Å²) in [6.45, 7) is 1.70. The number of fused-ring (bicyclic) bond motifs is 1. The minimum Gasteiger partial charge on any atom is -0.483 e. The van der Waals surface area contributed by atoms with Crippen molar-refractivity contribution in [2.45, 2.75) is 38.6 Å². The van der Waals surface area contributed by atoms with Crippen molar-refractivity contribution in [1.29, 1.82) is 0 Å². The predicted molar refractivity (Wildman–Crippen MR) is 105 cm³/mol. The molecule has 0 saturated carbocycles. The number of carbonyl (C=O) groups excluding carboxylic acids is 2. The number of rotatable bonds is 6. The topological polar surface area (TPSA) is 55.4 Å². The van der Waals surface area contributed by atoms with Gasteiger partial charge in [0.1, 0.15) is 5.75 Å². The summed E-state index contributed by atoms with van der Waals surface area (Å²) >= 11 is 3.37. The first kappa shape index (κ1) is 18.6. The van der Waals surface area contributed by atoms with E-state index in [9.17, 15) is 9.59 Å². The van der Waals surface area contributed by atoms with E-state index in [1.807, 2.05) is 12.1 Å². The van der Waals surface area contributed by atoms with Crippen LogP contribution in [0.5, 0.6) is 5.75 Å². The zero-order valence-electron chi connectivity index (χ0n) is 14.8. The summed E-state index contributed by atoms with van der Waals surface area (Å²) in [6, 6.07) is 13.5. The number of amides is 1. The smallest absolute Gasteiger partial charge is 0.258 e. The van der Waals surface area contributed by atoms with Crippen molar-refractivity contribution < 1.29 is 14.3 Å². The first-order valence-corrected chi connectivity index (χ1v) is 9.70. The Morgan fingerprint density at radius 3 is 2.85 bits per heavy atom. The maximum absolute atomic E-state index is 12.4. The van der Waals surface area contributed by atoms with Crippen LogP contribution in [0.4, 0.5) is 0 Å². The Hall–Kier alpha value is -2.14. The number of hydrogen-bond acceptors (Lipinski definition) is 3. The van der Waals surface area contributed by atoms with Gasteiger partial charge >= 0.3 is 0 Å². The summed E-state index contributed by atoms with van der Waals surface area (Å²) in [7, 11) is 0. The van der Waals surface area contributed by atoms with E-state index in [4.69, 9.17) is 4.74 Å². The standard InChI is InChI=1S/C21H22BrNO3/c1-2-19(24)17-12-15(22)10-11-20(17)26-13-21(25)23-18-9-5-7-14-6-3-4-8-16(14)18/h3-4,6,8,10-12,18H,2,5,7,9,13H2,1H3,(H,23,25)/t18-/m1/s1. The van der Waals surface area contributed by atoms with E-state index in [1.165, 1.54) is 11.1 Å². The monoisotopic (exact) mass is 415 g/mol. The highest BCUT2D eigenvalue weighted by Gasteiger charge is 2.21. The van der Waals surface area contributed by atoms with E-state index in [-0.39, 0.29) is 24.3 Å². The van der Waals surface area contributed by atoms with Gasteiger partial charge in [0.05, 0.1) is 11.6 Å². The highest BCUT2D eigenvalue weighted by Crippen LogP contribution is 2.29. The van der Waals surface area contributed by atoms with Crippen molar-refractivity contribution in [2.75, 3.05) is 6.61 Å². The molecule has 1 amide bonds. The van der Waals surface area contributed by atoms with Crippen molar-refractivity contribution in [3.05, 3.63) is 63.6 Å². The van der Waals surface area contributed by atoms with Crippen LogP contribution in [0.25, 0.3) is 0 Å². The average molecular weight is 416 g/mol. The lowest BCUT2D eigenvalue weighted by atomic mass is 9.88. The Kier molecular flexibility index (Phi) is 6.09. The van der Waals surface area contributed by atoms with Crippen LogP contribution >= 0.6 is 15.9 Å². The number of Topliss-reactive ketones (excluding diaryl/α,β-unsaturated/α-hetero) is 1. The molecule has 5 heteroatoms. The van der Waals surface area contributed by atoms with Crippen LogP contribution in [0.2, 0.25) is 0 Å². The summed E-state index contributed by atoms with van der Waals surface area (Å²) in [6.07, 6.45) is 3.43. The highest BCUT2D eigenvalue weighted by atomic mass is 79.9. The van der Waals surface area contributed by atoms with Crippen LogP contribution in [0.1, 0.15) is 53.7 Å². The van der Waals surface area contributed by atoms with Crippen molar-refractivity contribution in [1.82, 2.24) is 5.32 Å². The molecule has 0 aliphatic heterocycles. The number of hydrogen-bond donors (Lipinski definition) is 1. The molecule has 0 spiro atoms. The Morgan fingerprint density at radius 1 is 1.23 bits per heavy atom. The molecule has 26 heavy (non-hydrogen) atoms. The van der Waals surface area contributed by atoms with Gasteiger partial charge in [0.15, 0.2) is 12.4 Å². The van der Waals surface area contributed by atoms with Gasteiger partial charge in [-0.3, -0.25) is 9.59 Å². The fraction of sp³-hybridized carbons (Fsp3) is 0.333. The number of ketones is 1. The molecular formula is C21H22BrNO3. The molecule has 0 radical (unpaired) electrons. The lowest BCUT2D eigenvalue weighted by Crippen LogP contribution is -2.34. The zero-order chi connectivity index (χ0) is 18.5. The average Bonchev–Trinajstić information content (AvgIpc) is 2.66. The van der Waals surface area contributed by atoms with E-state index in [1.54, 1.807) is 25.1 Å². The first-order valence-electron chi connectivity index (χ1n) is 8.91. The molecule has 2 aromatic carbocycles. The third kappa shape index (κ3) is 4.33. The minimum absolute atomic E-state index is 0.0112. The van der Waals surface area contributed by atoms with Crippen LogP contribution in [-0.2, 0) is 11.2 Å². The molecule has 1 aliphatic carbocycles. The van der Waals surface area contributed by atoms with Crippen LogP contribution in [0.15, 0.2) is 46.9 Å². The summed E-state index contributed by atoms with van der Waals surface area (Å²) < 4.78 is 6.46. The summed E-state index contributed by atoms with van der Waals surface area (Å²) in [5.74, 6) is 0.256. The normalized spacial score (nSPS) is 15.8. The fourth-order valence-electron chi connectivity index (χ4n) is 3.32. The van der Waals surface area contributed by atoms with Gasteiger partial charge in [-0.15, -0.1) is 0 Å². The number of aryl methyl sites for hydroxylation is 1. The Bertz CT molecular complexity index is 819. The zero-order valence-corrected chi connectivity index (χ0v) is 16.3. The van der Waals surface area contributed by atoms with Crippen LogP contribution in [0.3, 0.4) is 0 Å². The van der Waals surface area contributed by atoms with Gasteiger partial charge in [-0.2, -0.15) is 0 Å². The second-order valence-electron chi connectivity index (χ2n) is 6.42. The molecule has 2 aromatic rings. The van der Waals surface area contributed by atoms with E-state index in [2.05, 4.69) is 33.4 Å². The van der Waals surface area contributed by atoms with Gasteiger partial charge in [-0.05, 0) is 48.6 Å². The van der Waals surface area contributed by atoms with Crippen molar-refractivity contribution in [3.63, 3.8) is 0 Å². The largest absolute Gasteiger partial charge is 0.483 e. The van der Waals surface area contributed by atoms with E-state index in [0.717, 1.165) is 23.7 Å².